The molecule has 0 spiro atoms. The van der Waals surface area contributed by atoms with Gasteiger partial charge < -0.3 is 9.54 Å². The van der Waals surface area contributed by atoms with Gasteiger partial charge in [0.25, 0.3) is 0 Å². The number of rotatable bonds is 3. The van der Waals surface area contributed by atoms with Gasteiger partial charge in [0.15, 0.2) is 0 Å². The first-order chi connectivity index (χ1) is 6.77. The molecule has 0 saturated carbocycles. The monoisotopic (exact) mass is 208 g/mol. The summed E-state index contributed by atoms with van der Waals surface area (Å²) in [6, 6.07) is 0. The van der Waals surface area contributed by atoms with Crippen LogP contribution in [0.3, 0.4) is 0 Å². The van der Waals surface area contributed by atoms with Gasteiger partial charge in [0.05, 0.1) is 0 Å². The number of aromatic amines is 1. The van der Waals surface area contributed by atoms with Crippen LogP contribution in [-0.4, -0.2) is 13.7 Å². The van der Waals surface area contributed by atoms with E-state index in [0.717, 1.165) is 12.0 Å². The molecule has 1 unspecified atom stereocenters. The third kappa shape index (κ3) is 1.86. The number of aromatic nitrogens is 1. The van der Waals surface area contributed by atoms with Crippen LogP contribution in [0.4, 0.5) is 0 Å². The fraction of sp³-hybridized carbons (Fsp3) is 0.200. The fourth-order valence-electron chi connectivity index (χ4n) is 1.54. The third-order valence-electron chi connectivity index (χ3n) is 2.23. The summed E-state index contributed by atoms with van der Waals surface area (Å²) in [5.74, 6) is 0. The van der Waals surface area contributed by atoms with Crippen molar-refractivity contribution in [3.63, 3.8) is 0 Å². The van der Waals surface area contributed by atoms with E-state index in [9.17, 15) is 8.76 Å². The Hall–Kier alpha value is -1.13. The highest BCUT2D eigenvalue weighted by atomic mass is 32.2. The minimum atomic E-state index is -2.14. The summed E-state index contributed by atoms with van der Waals surface area (Å²) in [7, 11) is 0. The molecule has 0 saturated heterocycles. The standard InChI is InChI=1S/C10H11NO2S/c12-14(13)10-7-11-6-9(10)5-8-3-1-2-4-8/h1-3,6-7,11H,4-5H2,(H,12,13)/p-1. The molecule has 0 amide bonds. The lowest BCUT2D eigenvalue weighted by Crippen LogP contribution is -1.94. The minimum Gasteiger partial charge on any atom is -0.768 e. The Morgan fingerprint density at radius 2 is 2.36 bits per heavy atom. The van der Waals surface area contributed by atoms with Crippen molar-refractivity contribution in [2.45, 2.75) is 17.7 Å². The normalized spacial score (nSPS) is 17.1. The van der Waals surface area contributed by atoms with Crippen LogP contribution in [0, 0.1) is 0 Å². The molecule has 0 bridgehead atoms. The third-order valence-corrected chi connectivity index (χ3v) is 2.97. The largest absolute Gasteiger partial charge is 0.768 e. The summed E-state index contributed by atoms with van der Waals surface area (Å²) in [6.45, 7) is 0. The molecule has 0 aliphatic heterocycles. The fourth-order valence-corrected chi connectivity index (χ4v) is 2.05. The Balaban J connectivity index is 2.16. The van der Waals surface area contributed by atoms with Crippen LogP contribution in [-0.2, 0) is 17.5 Å². The maximum atomic E-state index is 10.8. The number of hydrogen-bond donors (Lipinski definition) is 1. The van der Waals surface area contributed by atoms with Crippen LogP contribution in [0.1, 0.15) is 12.0 Å². The van der Waals surface area contributed by atoms with E-state index >= 15 is 0 Å². The van der Waals surface area contributed by atoms with E-state index in [1.165, 1.54) is 11.8 Å². The van der Waals surface area contributed by atoms with E-state index < -0.39 is 11.1 Å². The van der Waals surface area contributed by atoms with Crippen molar-refractivity contribution < 1.29 is 8.76 Å². The first kappa shape index (κ1) is 9.43. The molecule has 1 aromatic rings. The van der Waals surface area contributed by atoms with Gasteiger partial charge in [-0.2, -0.15) is 0 Å². The molecular formula is C10H10NO2S-. The molecule has 4 heteroatoms. The molecule has 1 atom stereocenters. The van der Waals surface area contributed by atoms with Gasteiger partial charge in [0.1, 0.15) is 0 Å². The average molecular weight is 208 g/mol. The molecule has 14 heavy (non-hydrogen) atoms. The first-order valence-electron chi connectivity index (χ1n) is 4.37. The topological polar surface area (TPSA) is 55.9 Å². The van der Waals surface area contributed by atoms with E-state index in [2.05, 4.69) is 11.1 Å². The van der Waals surface area contributed by atoms with Gasteiger partial charge in [-0.1, -0.05) is 23.8 Å². The van der Waals surface area contributed by atoms with Crippen LogP contribution in [0.5, 0.6) is 0 Å². The van der Waals surface area contributed by atoms with Crippen molar-refractivity contribution >= 4 is 11.1 Å². The number of hydrogen-bond acceptors (Lipinski definition) is 2. The maximum Gasteiger partial charge on any atom is 0.0458 e. The summed E-state index contributed by atoms with van der Waals surface area (Å²) in [4.78, 5) is 3.19. The van der Waals surface area contributed by atoms with Gasteiger partial charge >= 0.3 is 0 Å². The highest BCUT2D eigenvalue weighted by Crippen LogP contribution is 2.20. The molecule has 1 aliphatic rings. The second-order valence-electron chi connectivity index (χ2n) is 3.21. The minimum absolute atomic E-state index is 0.373. The second-order valence-corrected chi connectivity index (χ2v) is 4.12. The molecule has 1 N–H and O–H groups in total. The lowest BCUT2D eigenvalue weighted by Gasteiger charge is -2.06. The summed E-state index contributed by atoms with van der Waals surface area (Å²) in [6.07, 6.45) is 11.0. The van der Waals surface area contributed by atoms with Gasteiger partial charge in [-0.25, -0.2) is 0 Å². The van der Waals surface area contributed by atoms with Gasteiger partial charge in [-0.05, 0) is 29.5 Å². The Morgan fingerprint density at radius 1 is 1.50 bits per heavy atom. The Labute approximate surface area is 84.8 Å². The predicted molar refractivity (Wildman–Crippen MR) is 53.5 cm³/mol. The summed E-state index contributed by atoms with van der Waals surface area (Å²) >= 11 is -2.14. The summed E-state index contributed by atoms with van der Waals surface area (Å²) in [5.41, 5.74) is 2.09. The Bertz CT molecular complexity index is 418. The first-order valence-corrected chi connectivity index (χ1v) is 5.44. The molecule has 1 aliphatic carbocycles. The van der Waals surface area contributed by atoms with Crippen LogP contribution in [0.15, 0.2) is 41.1 Å². The van der Waals surface area contributed by atoms with Crippen LogP contribution in [0.25, 0.3) is 0 Å². The van der Waals surface area contributed by atoms with Crippen LogP contribution < -0.4 is 0 Å². The quantitative estimate of drug-likeness (QED) is 0.768. The van der Waals surface area contributed by atoms with E-state index in [1.807, 2.05) is 12.2 Å². The van der Waals surface area contributed by atoms with Crippen molar-refractivity contribution in [3.8, 4) is 0 Å². The number of allylic oxidation sites excluding steroid dienone is 4. The molecule has 1 aromatic heterocycles. The smallest absolute Gasteiger partial charge is 0.0458 e. The van der Waals surface area contributed by atoms with Crippen molar-refractivity contribution in [1.82, 2.24) is 4.98 Å². The Morgan fingerprint density at radius 3 is 3.00 bits per heavy atom. The zero-order valence-corrected chi connectivity index (χ0v) is 8.34. The lowest BCUT2D eigenvalue weighted by molar-refractivity contribution is 0.536. The Kier molecular flexibility index (Phi) is 2.65. The molecule has 3 nitrogen and oxygen atoms in total. The maximum absolute atomic E-state index is 10.8. The molecule has 0 aromatic carbocycles. The van der Waals surface area contributed by atoms with Gasteiger partial charge in [-0.15, -0.1) is 0 Å². The molecule has 2 rings (SSSR count). The van der Waals surface area contributed by atoms with Crippen molar-refractivity contribution in [2.24, 2.45) is 0 Å². The van der Waals surface area contributed by atoms with Crippen LogP contribution >= 0.6 is 0 Å². The SMILES string of the molecule is O=S([O-])c1c[nH]cc1CC1=CC=CC1. The summed E-state index contributed by atoms with van der Waals surface area (Å²) < 4.78 is 21.6. The van der Waals surface area contributed by atoms with Crippen molar-refractivity contribution in [2.75, 3.05) is 0 Å². The van der Waals surface area contributed by atoms with E-state index in [-0.39, 0.29) is 0 Å². The van der Waals surface area contributed by atoms with Gasteiger partial charge in [0.2, 0.25) is 0 Å². The molecule has 0 fully saturated rings. The molecule has 1 heterocycles. The second kappa shape index (κ2) is 3.94. The average Bonchev–Trinajstić information content (AvgIpc) is 2.75. The van der Waals surface area contributed by atoms with Crippen molar-refractivity contribution in [1.29, 1.82) is 0 Å². The summed E-state index contributed by atoms with van der Waals surface area (Å²) in [5, 5.41) is 0. The zero-order chi connectivity index (χ0) is 9.97. The zero-order valence-electron chi connectivity index (χ0n) is 7.53. The molecule has 0 radical (unpaired) electrons. The van der Waals surface area contributed by atoms with E-state index in [4.69, 9.17) is 0 Å². The van der Waals surface area contributed by atoms with Crippen molar-refractivity contribution in [3.05, 3.63) is 41.8 Å². The van der Waals surface area contributed by atoms with E-state index in [1.54, 1.807) is 6.20 Å². The van der Waals surface area contributed by atoms with Crippen LogP contribution in [0.2, 0.25) is 0 Å². The number of nitrogens with one attached hydrogen (secondary N) is 1. The molecule has 74 valence electrons. The predicted octanol–water partition coefficient (Wildman–Crippen LogP) is 1.68. The lowest BCUT2D eigenvalue weighted by atomic mass is 10.1. The van der Waals surface area contributed by atoms with Gasteiger partial charge in [-0.3, -0.25) is 4.21 Å². The van der Waals surface area contributed by atoms with E-state index in [0.29, 0.717) is 11.3 Å². The highest BCUT2D eigenvalue weighted by molar-refractivity contribution is 7.79. The number of H-pyrrole nitrogens is 1. The molecular weight excluding hydrogens is 198 g/mol. The van der Waals surface area contributed by atoms with Gasteiger partial charge in [0, 0.05) is 17.3 Å². The highest BCUT2D eigenvalue weighted by Gasteiger charge is 2.07.